The molecule has 0 spiro atoms. The molecule has 0 unspecified atom stereocenters. The summed E-state index contributed by atoms with van der Waals surface area (Å²) in [5.41, 5.74) is -0.688. The average molecular weight is 316 g/mol. The number of aromatic hydroxyl groups is 1. The minimum absolute atomic E-state index is 0.0537. The second-order valence-corrected chi connectivity index (χ2v) is 4.60. The van der Waals surface area contributed by atoms with E-state index in [0.717, 1.165) is 18.2 Å². The van der Waals surface area contributed by atoms with E-state index in [2.05, 4.69) is 5.32 Å². The van der Waals surface area contributed by atoms with Crippen molar-refractivity contribution in [3.8, 4) is 5.75 Å². The molecule has 2 aromatic rings. The van der Waals surface area contributed by atoms with E-state index in [1.807, 2.05) is 0 Å². The second kappa shape index (κ2) is 5.65. The fourth-order valence-corrected chi connectivity index (χ4v) is 1.86. The summed E-state index contributed by atoms with van der Waals surface area (Å²) in [6.45, 7) is 0. The molecule has 110 valence electrons. The topological polar surface area (TPSA) is 49.3 Å². The number of carbonyl (C=O) groups excluding carboxylic acids is 1. The highest BCUT2D eigenvalue weighted by Crippen LogP contribution is 2.33. The van der Waals surface area contributed by atoms with Crippen LogP contribution in [0.2, 0.25) is 5.02 Å². The molecule has 2 N–H and O–H groups in total. The van der Waals surface area contributed by atoms with Gasteiger partial charge in [0.1, 0.15) is 5.75 Å². The molecule has 0 saturated carbocycles. The Labute approximate surface area is 123 Å². The molecule has 0 radical (unpaired) electrons. The van der Waals surface area contributed by atoms with Gasteiger partial charge >= 0.3 is 6.18 Å². The lowest BCUT2D eigenvalue weighted by molar-refractivity contribution is -0.137. The Morgan fingerprint density at radius 3 is 2.43 bits per heavy atom. The highest BCUT2D eigenvalue weighted by atomic mass is 35.5. The summed E-state index contributed by atoms with van der Waals surface area (Å²) in [6, 6.07) is 8.18. The van der Waals surface area contributed by atoms with Crippen LogP contribution in [0.5, 0.6) is 5.75 Å². The highest BCUT2D eigenvalue weighted by molar-refractivity contribution is 6.34. The van der Waals surface area contributed by atoms with Crippen LogP contribution in [-0.2, 0) is 6.18 Å². The molecule has 7 heteroatoms. The first-order chi connectivity index (χ1) is 9.77. The molecule has 21 heavy (non-hydrogen) atoms. The number of benzene rings is 2. The van der Waals surface area contributed by atoms with E-state index in [9.17, 15) is 23.1 Å². The number of halogens is 4. The minimum Gasteiger partial charge on any atom is -0.508 e. The lowest BCUT2D eigenvalue weighted by atomic mass is 10.1. The van der Waals surface area contributed by atoms with E-state index < -0.39 is 17.6 Å². The zero-order chi connectivity index (χ0) is 15.6. The van der Waals surface area contributed by atoms with Crippen molar-refractivity contribution in [3.05, 3.63) is 58.6 Å². The molecule has 0 aliphatic rings. The number of nitrogens with one attached hydrogen (secondary N) is 1. The summed E-state index contributed by atoms with van der Waals surface area (Å²) >= 11 is 5.73. The molecule has 2 rings (SSSR count). The number of hydrogen-bond donors (Lipinski definition) is 2. The fraction of sp³-hybridized carbons (Fsp3) is 0.0714. The summed E-state index contributed by atoms with van der Waals surface area (Å²) in [5, 5.41) is 11.4. The highest BCUT2D eigenvalue weighted by Gasteiger charge is 2.31. The fourth-order valence-electron chi connectivity index (χ4n) is 1.63. The van der Waals surface area contributed by atoms with Crippen molar-refractivity contribution in [1.82, 2.24) is 0 Å². The van der Waals surface area contributed by atoms with Crippen molar-refractivity contribution >= 4 is 23.2 Å². The minimum atomic E-state index is -4.50. The third-order valence-electron chi connectivity index (χ3n) is 2.65. The maximum Gasteiger partial charge on any atom is 0.416 e. The van der Waals surface area contributed by atoms with Crippen molar-refractivity contribution in [2.75, 3.05) is 5.32 Å². The Morgan fingerprint density at radius 2 is 1.86 bits per heavy atom. The van der Waals surface area contributed by atoms with Gasteiger partial charge < -0.3 is 10.4 Å². The van der Waals surface area contributed by atoms with Crippen molar-refractivity contribution in [1.29, 1.82) is 0 Å². The van der Waals surface area contributed by atoms with Gasteiger partial charge in [-0.25, -0.2) is 0 Å². The zero-order valence-corrected chi connectivity index (χ0v) is 11.2. The molecule has 0 aliphatic carbocycles. The number of anilines is 1. The van der Waals surface area contributed by atoms with E-state index in [0.29, 0.717) is 0 Å². The van der Waals surface area contributed by atoms with Gasteiger partial charge in [-0.1, -0.05) is 17.7 Å². The smallest absolute Gasteiger partial charge is 0.416 e. The predicted octanol–water partition coefficient (Wildman–Crippen LogP) is 4.32. The summed E-state index contributed by atoms with van der Waals surface area (Å²) in [5.74, 6) is -0.686. The van der Waals surface area contributed by atoms with Gasteiger partial charge in [0.2, 0.25) is 0 Å². The molecule has 0 heterocycles. The van der Waals surface area contributed by atoms with Crippen LogP contribution in [0, 0.1) is 0 Å². The van der Waals surface area contributed by atoms with Crippen molar-refractivity contribution in [3.63, 3.8) is 0 Å². The lowest BCUT2D eigenvalue weighted by Gasteiger charge is -2.11. The zero-order valence-electron chi connectivity index (χ0n) is 10.4. The van der Waals surface area contributed by atoms with Crippen LogP contribution in [0.1, 0.15) is 15.9 Å². The van der Waals surface area contributed by atoms with Crippen molar-refractivity contribution in [2.45, 2.75) is 6.18 Å². The maximum absolute atomic E-state index is 12.5. The van der Waals surface area contributed by atoms with Gasteiger partial charge in [0.15, 0.2) is 0 Å². The first-order valence-electron chi connectivity index (χ1n) is 5.74. The third-order valence-corrected chi connectivity index (χ3v) is 2.97. The van der Waals surface area contributed by atoms with Gasteiger partial charge in [-0.2, -0.15) is 13.2 Å². The molecule has 1 amide bonds. The van der Waals surface area contributed by atoms with E-state index in [4.69, 9.17) is 11.6 Å². The van der Waals surface area contributed by atoms with Crippen molar-refractivity contribution < 1.29 is 23.1 Å². The molecule has 0 bridgehead atoms. The number of hydrogen-bond acceptors (Lipinski definition) is 2. The molecular weight excluding hydrogens is 307 g/mol. The lowest BCUT2D eigenvalue weighted by Crippen LogP contribution is -2.12. The van der Waals surface area contributed by atoms with Gasteiger partial charge in [0.05, 0.1) is 16.3 Å². The SMILES string of the molecule is O=C(Nc1ccc(C(F)(F)F)cc1Cl)c1cccc(O)c1. The van der Waals surface area contributed by atoms with Crippen LogP contribution in [0.4, 0.5) is 18.9 Å². The number of alkyl halides is 3. The Hall–Kier alpha value is -2.21. The Morgan fingerprint density at radius 1 is 1.14 bits per heavy atom. The van der Waals surface area contributed by atoms with Crippen molar-refractivity contribution in [2.24, 2.45) is 0 Å². The Bertz CT molecular complexity index is 686. The van der Waals surface area contributed by atoms with E-state index >= 15 is 0 Å². The van der Waals surface area contributed by atoms with E-state index in [1.165, 1.54) is 24.3 Å². The Kier molecular flexibility index (Phi) is 4.09. The monoisotopic (exact) mass is 315 g/mol. The third kappa shape index (κ3) is 3.66. The number of amides is 1. The summed E-state index contributed by atoms with van der Waals surface area (Å²) in [4.78, 5) is 11.9. The average Bonchev–Trinajstić information content (AvgIpc) is 2.39. The molecule has 3 nitrogen and oxygen atoms in total. The van der Waals surface area contributed by atoms with Gasteiger partial charge in [0.25, 0.3) is 5.91 Å². The second-order valence-electron chi connectivity index (χ2n) is 4.20. The van der Waals surface area contributed by atoms with Crippen LogP contribution < -0.4 is 5.32 Å². The molecule has 0 fully saturated rings. The summed E-state index contributed by atoms with van der Waals surface area (Å²) in [6.07, 6.45) is -4.50. The van der Waals surface area contributed by atoms with Crippen LogP contribution in [0.25, 0.3) is 0 Å². The first-order valence-corrected chi connectivity index (χ1v) is 6.12. The summed E-state index contributed by atoms with van der Waals surface area (Å²) < 4.78 is 37.5. The van der Waals surface area contributed by atoms with Crippen LogP contribution in [0.3, 0.4) is 0 Å². The number of rotatable bonds is 2. The normalized spacial score (nSPS) is 11.2. The van der Waals surface area contributed by atoms with E-state index in [-0.39, 0.29) is 22.0 Å². The molecule has 0 saturated heterocycles. The molecule has 0 atom stereocenters. The molecular formula is C14H9ClF3NO2. The Balaban J connectivity index is 2.22. The standard InChI is InChI=1S/C14H9ClF3NO2/c15-11-7-9(14(16,17)18)4-5-12(11)19-13(21)8-2-1-3-10(20)6-8/h1-7,20H,(H,19,21). The maximum atomic E-state index is 12.5. The predicted molar refractivity (Wildman–Crippen MR) is 72.5 cm³/mol. The number of carbonyl (C=O) groups is 1. The number of phenols is 1. The molecule has 0 aliphatic heterocycles. The van der Waals surface area contributed by atoms with Crippen LogP contribution >= 0.6 is 11.6 Å². The summed E-state index contributed by atoms with van der Waals surface area (Å²) in [7, 11) is 0. The van der Waals surface area contributed by atoms with Gasteiger partial charge in [-0.3, -0.25) is 4.79 Å². The molecule has 0 aromatic heterocycles. The van der Waals surface area contributed by atoms with Gasteiger partial charge in [0, 0.05) is 5.56 Å². The van der Waals surface area contributed by atoms with Crippen LogP contribution in [-0.4, -0.2) is 11.0 Å². The molecule has 2 aromatic carbocycles. The van der Waals surface area contributed by atoms with E-state index in [1.54, 1.807) is 0 Å². The quantitative estimate of drug-likeness (QED) is 0.867. The van der Waals surface area contributed by atoms with Gasteiger partial charge in [-0.05, 0) is 36.4 Å². The first kappa shape index (κ1) is 15.2. The number of phenolic OH excluding ortho intramolecular Hbond substituents is 1. The largest absolute Gasteiger partial charge is 0.508 e. The van der Waals surface area contributed by atoms with Gasteiger partial charge in [-0.15, -0.1) is 0 Å². The van der Waals surface area contributed by atoms with Crippen LogP contribution in [0.15, 0.2) is 42.5 Å².